The minimum Gasteiger partial charge on any atom is -0.477 e. The van der Waals surface area contributed by atoms with E-state index in [0.29, 0.717) is 5.41 Å². The Bertz CT molecular complexity index is 361. The average molecular weight is 222 g/mol. The molecule has 1 aliphatic heterocycles. The molecule has 0 amide bonds. The maximum Gasteiger partial charge on any atom is 0.214 e. The Kier molecular flexibility index (Phi) is 2.96. The van der Waals surface area contributed by atoms with Crippen LogP contribution in [0, 0.1) is 18.3 Å². The van der Waals surface area contributed by atoms with E-state index in [0.717, 1.165) is 30.5 Å². The third-order valence-corrected chi connectivity index (χ3v) is 2.92. The highest BCUT2D eigenvalue weighted by Gasteiger charge is 2.47. The Morgan fingerprint density at radius 2 is 2.00 bits per heavy atom. The Morgan fingerprint density at radius 1 is 1.38 bits per heavy atom. The number of aromatic nitrogens is 2. The zero-order valence-electron chi connectivity index (χ0n) is 10.8. The lowest BCUT2D eigenvalue weighted by molar-refractivity contribution is 0.147. The fraction of sp³-hybridized carbons (Fsp3) is 0.769. The number of hydrogen-bond acceptors (Lipinski definition) is 2. The van der Waals surface area contributed by atoms with Crippen LogP contribution >= 0.6 is 0 Å². The van der Waals surface area contributed by atoms with E-state index in [4.69, 9.17) is 4.74 Å². The lowest BCUT2D eigenvalue weighted by Crippen LogP contribution is -2.27. The second kappa shape index (κ2) is 4.11. The van der Waals surface area contributed by atoms with Gasteiger partial charge in [-0.1, -0.05) is 20.8 Å². The van der Waals surface area contributed by atoms with Crippen molar-refractivity contribution in [2.45, 2.75) is 47.1 Å². The van der Waals surface area contributed by atoms with Crippen LogP contribution < -0.4 is 4.74 Å². The van der Waals surface area contributed by atoms with Crippen molar-refractivity contribution < 1.29 is 4.74 Å². The van der Waals surface area contributed by atoms with E-state index in [1.807, 2.05) is 17.8 Å². The molecule has 0 bridgehead atoms. The molecule has 3 heteroatoms. The first-order valence-electron chi connectivity index (χ1n) is 6.18. The Balaban J connectivity index is 0.000000212. The van der Waals surface area contributed by atoms with E-state index < -0.39 is 0 Å². The summed E-state index contributed by atoms with van der Waals surface area (Å²) in [6, 6.07) is 0. The van der Waals surface area contributed by atoms with Crippen LogP contribution in [0.25, 0.3) is 0 Å². The number of hydrogen-bond donors (Lipinski definition) is 0. The number of aryl methyl sites for hydroxylation is 1. The van der Waals surface area contributed by atoms with Crippen LogP contribution in [0.15, 0.2) is 6.20 Å². The molecule has 1 spiro atoms. The molecule has 3 rings (SSSR count). The minimum absolute atomic E-state index is 0.464. The lowest BCUT2D eigenvalue weighted by Gasteiger charge is -2.23. The summed E-state index contributed by atoms with van der Waals surface area (Å²) in [4.78, 5) is 0. The molecule has 2 aliphatic rings. The first kappa shape index (κ1) is 11.5. The minimum atomic E-state index is 0.464. The van der Waals surface area contributed by atoms with Crippen LogP contribution in [0.4, 0.5) is 0 Å². The van der Waals surface area contributed by atoms with Crippen LogP contribution in [-0.2, 0) is 6.54 Å². The van der Waals surface area contributed by atoms with Gasteiger partial charge in [0, 0.05) is 11.0 Å². The van der Waals surface area contributed by atoms with E-state index in [-0.39, 0.29) is 0 Å². The van der Waals surface area contributed by atoms with E-state index in [1.54, 1.807) is 0 Å². The fourth-order valence-electron chi connectivity index (χ4n) is 1.83. The highest BCUT2D eigenvalue weighted by molar-refractivity contribution is 5.24. The molecule has 3 nitrogen and oxygen atoms in total. The molecule has 0 N–H and O–H groups in total. The molecule has 0 aromatic carbocycles. The van der Waals surface area contributed by atoms with Crippen molar-refractivity contribution in [2.75, 3.05) is 6.61 Å². The van der Waals surface area contributed by atoms with Gasteiger partial charge < -0.3 is 4.74 Å². The summed E-state index contributed by atoms with van der Waals surface area (Å²) in [5.74, 6) is 1.81. The van der Waals surface area contributed by atoms with Crippen LogP contribution in [0.5, 0.6) is 5.88 Å². The van der Waals surface area contributed by atoms with Gasteiger partial charge in [0.25, 0.3) is 0 Å². The molecule has 1 aromatic rings. The Hall–Kier alpha value is -0.990. The molecular weight excluding hydrogens is 200 g/mol. The number of ether oxygens (including phenoxy) is 1. The number of rotatable bonds is 0. The predicted molar refractivity (Wildman–Crippen MR) is 64.6 cm³/mol. The second-order valence-electron chi connectivity index (χ2n) is 5.81. The summed E-state index contributed by atoms with van der Waals surface area (Å²) in [6.07, 6.45) is 4.51. The van der Waals surface area contributed by atoms with Gasteiger partial charge in [-0.3, -0.25) is 0 Å². The number of fused-ring (bicyclic) bond motifs is 1. The molecule has 1 fully saturated rings. The van der Waals surface area contributed by atoms with Crippen LogP contribution in [0.3, 0.4) is 0 Å². The molecule has 2 heterocycles. The topological polar surface area (TPSA) is 27.1 Å². The van der Waals surface area contributed by atoms with E-state index in [2.05, 4.69) is 25.9 Å². The van der Waals surface area contributed by atoms with Crippen LogP contribution in [0.1, 0.15) is 39.2 Å². The van der Waals surface area contributed by atoms with Gasteiger partial charge in [0.2, 0.25) is 5.88 Å². The van der Waals surface area contributed by atoms with Gasteiger partial charge in [-0.15, -0.1) is 0 Å². The van der Waals surface area contributed by atoms with Crippen molar-refractivity contribution in [2.24, 2.45) is 11.3 Å². The van der Waals surface area contributed by atoms with Crippen LogP contribution in [-0.4, -0.2) is 16.4 Å². The zero-order chi connectivity index (χ0) is 11.8. The molecule has 1 saturated carbocycles. The fourth-order valence-corrected chi connectivity index (χ4v) is 1.83. The van der Waals surface area contributed by atoms with E-state index >= 15 is 0 Å². The first-order valence-corrected chi connectivity index (χ1v) is 6.18. The molecule has 0 atom stereocenters. The molecule has 16 heavy (non-hydrogen) atoms. The molecular formula is C13H22N2O. The standard InChI is InChI=1S/C9H12N2O.C4H10/c1-7-4-10-11-5-9(2-3-9)6-12-8(7)11;1-4(2)3/h4H,2-3,5-6H2,1H3;4H,1-3H3. The van der Waals surface area contributed by atoms with Gasteiger partial charge in [0.05, 0.1) is 19.3 Å². The number of nitrogens with zero attached hydrogens (tertiary/aromatic N) is 2. The predicted octanol–water partition coefficient (Wildman–Crippen LogP) is 3.03. The first-order chi connectivity index (χ1) is 7.52. The van der Waals surface area contributed by atoms with Crippen LogP contribution in [0.2, 0.25) is 0 Å². The zero-order valence-corrected chi connectivity index (χ0v) is 10.8. The average Bonchev–Trinajstić information content (AvgIpc) is 2.83. The van der Waals surface area contributed by atoms with Gasteiger partial charge in [-0.2, -0.15) is 5.10 Å². The third-order valence-electron chi connectivity index (χ3n) is 2.92. The van der Waals surface area contributed by atoms with Crippen molar-refractivity contribution >= 4 is 0 Å². The van der Waals surface area contributed by atoms with Crippen molar-refractivity contribution in [1.29, 1.82) is 0 Å². The molecule has 1 aromatic heterocycles. The molecule has 0 radical (unpaired) electrons. The largest absolute Gasteiger partial charge is 0.477 e. The molecule has 1 aliphatic carbocycles. The van der Waals surface area contributed by atoms with Crippen molar-refractivity contribution in [1.82, 2.24) is 9.78 Å². The molecule has 90 valence electrons. The maximum atomic E-state index is 5.67. The highest BCUT2D eigenvalue weighted by Crippen LogP contribution is 2.50. The summed E-state index contributed by atoms with van der Waals surface area (Å²) in [6.45, 7) is 10.5. The van der Waals surface area contributed by atoms with Gasteiger partial charge >= 0.3 is 0 Å². The van der Waals surface area contributed by atoms with Crippen molar-refractivity contribution in [3.05, 3.63) is 11.8 Å². The Labute approximate surface area is 97.8 Å². The van der Waals surface area contributed by atoms with Crippen molar-refractivity contribution in [3.8, 4) is 5.88 Å². The lowest BCUT2D eigenvalue weighted by atomic mass is 10.1. The summed E-state index contributed by atoms with van der Waals surface area (Å²) in [5.41, 5.74) is 1.62. The van der Waals surface area contributed by atoms with Gasteiger partial charge in [-0.05, 0) is 25.7 Å². The summed E-state index contributed by atoms with van der Waals surface area (Å²) in [7, 11) is 0. The monoisotopic (exact) mass is 222 g/mol. The normalized spacial score (nSPS) is 19.8. The summed E-state index contributed by atoms with van der Waals surface area (Å²) >= 11 is 0. The SMILES string of the molecule is CC(C)C.Cc1cnn2c1OCC1(CC1)C2. The smallest absolute Gasteiger partial charge is 0.214 e. The quantitative estimate of drug-likeness (QED) is 0.674. The van der Waals surface area contributed by atoms with E-state index in [1.165, 1.54) is 12.8 Å². The second-order valence-corrected chi connectivity index (χ2v) is 5.81. The van der Waals surface area contributed by atoms with E-state index in [9.17, 15) is 0 Å². The summed E-state index contributed by atoms with van der Waals surface area (Å²) in [5, 5.41) is 4.28. The van der Waals surface area contributed by atoms with Gasteiger partial charge in [0.1, 0.15) is 0 Å². The highest BCUT2D eigenvalue weighted by atomic mass is 16.5. The summed E-state index contributed by atoms with van der Waals surface area (Å²) < 4.78 is 7.68. The maximum absolute atomic E-state index is 5.67. The molecule has 0 unspecified atom stereocenters. The van der Waals surface area contributed by atoms with Gasteiger partial charge in [0.15, 0.2) is 0 Å². The third kappa shape index (κ3) is 2.39. The van der Waals surface area contributed by atoms with Gasteiger partial charge in [-0.25, -0.2) is 4.68 Å². The van der Waals surface area contributed by atoms with Crippen molar-refractivity contribution in [3.63, 3.8) is 0 Å². The molecule has 0 saturated heterocycles. The Morgan fingerprint density at radius 3 is 2.56 bits per heavy atom.